The monoisotopic (exact) mass is 271 g/mol. The highest BCUT2D eigenvalue weighted by Crippen LogP contribution is 2.30. The number of amides is 2. The van der Waals surface area contributed by atoms with Crippen LogP contribution in [0.4, 0.5) is 0 Å². The third kappa shape index (κ3) is 2.72. The maximum absolute atomic E-state index is 11.6. The number of methoxy groups -OCH3 is 1. The van der Waals surface area contributed by atoms with Gasteiger partial charge in [0.25, 0.3) is 0 Å². The summed E-state index contributed by atoms with van der Waals surface area (Å²) in [6.07, 6.45) is 0. The summed E-state index contributed by atoms with van der Waals surface area (Å²) in [4.78, 5) is 27.0. The van der Waals surface area contributed by atoms with Crippen LogP contribution in [0.3, 0.4) is 0 Å². The lowest BCUT2D eigenvalue weighted by Crippen LogP contribution is -2.73. The Morgan fingerprint density at radius 1 is 1.42 bits per heavy atom. The zero-order valence-corrected chi connectivity index (χ0v) is 11.6. The fourth-order valence-electron chi connectivity index (χ4n) is 2.67. The molecule has 1 unspecified atom stereocenters. The molecule has 2 aliphatic heterocycles. The van der Waals surface area contributed by atoms with Crippen molar-refractivity contribution in [3.05, 3.63) is 0 Å². The van der Waals surface area contributed by atoms with E-state index in [-0.39, 0.29) is 30.1 Å². The van der Waals surface area contributed by atoms with Crippen LogP contribution in [-0.2, 0) is 19.1 Å². The number of likely N-dealkylation sites (tertiary alicyclic amines) is 1. The molecule has 2 aliphatic rings. The number of morpholine rings is 1. The molecular weight excluding hydrogens is 250 g/mol. The normalized spacial score (nSPS) is 26.1. The van der Waals surface area contributed by atoms with Crippen molar-refractivity contribution in [2.75, 3.05) is 54.1 Å². The molecular formula is C12H21N3O4. The average Bonchev–Trinajstić information content (AvgIpc) is 2.35. The standard InChI is InChI=1S/C12H21N3O4/c1-13-11(17)9-4-19-12(6-14(9)2)7-15(8-12)10(16)5-18-3/h9H,4-8H2,1-3H3,(H,13,17). The van der Waals surface area contributed by atoms with Crippen molar-refractivity contribution < 1.29 is 19.1 Å². The third-order valence-corrected chi connectivity index (χ3v) is 3.74. The summed E-state index contributed by atoms with van der Waals surface area (Å²) in [6, 6.07) is -0.251. The van der Waals surface area contributed by atoms with Gasteiger partial charge in [-0.15, -0.1) is 0 Å². The summed E-state index contributed by atoms with van der Waals surface area (Å²) in [7, 11) is 5.03. The van der Waals surface area contributed by atoms with Crippen LogP contribution in [0.1, 0.15) is 0 Å². The molecule has 1 N–H and O–H groups in total. The fourth-order valence-corrected chi connectivity index (χ4v) is 2.67. The second-order valence-electron chi connectivity index (χ2n) is 5.22. The molecule has 1 atom stereocenters. The minimum absolute atomic E-state index is 0.0206. The van der Waals surface area contributed by atoms with Crippen molar-refractivity contribution in [3.8, 4) is 0 Å². The Balaban J connectivity index is 1.87. The van der Waals surface area contributed by atoms with E-state index in [4.69, 9.17) is 9.47 Å². The Kier molecular flexibility index (Phi) is 4.07. The number of carbonyl (C=O) groups excluding carboxylic acids is 2. The van der Waals surface area contributed by atoms with E-state index in [1.165, 1.54) is 7.11 Å². The molecule has 2 amide bonds. The highest BCUT2D eigenvalue weighted by atomic mass is 16.5. The topological polar surface area (TPSA) is 71.1 Å². The van der Waals surface area contributed by atoms with Gasteiger partial charge in [-0.25, -0.2) is 0 Å². The SMILES string of the molecule is CNC(=O)C1COC2(CN(C(=O)COC)C2)CN1C. The fraction of sp³-hybridized carbons (Fsp3) is 0.833. The minimum Gasteiger partial charge on any atom is -0.375 e. The largest absolute Gasteiger partial charge is 0.375 e. The van der Waals surface area contributed by atoms with Crippen LogP contribution in [-0.4, -0.2) is 87.3 Å². The molecule has 0 aromatic carbocycles. The number of rotatable bonds is 3. The second kappa shape index (κ2) is 5.44. The number of carbonyl (C=O) groups is 2. The van der Waals surface area contributed by atoms with Crippen LogP contribution >= 0.6 is 0 Å². The molecule has 7 nitrogen and oxygen atoms in total. The number of hydrogen-bond donors (Lipinski definition) is 1. The zero-order chi connectivity index (χ0) is 14.0. The molecule has 0 bridgehead atoms. The molecule has 2 heterocycles. The first-order valence-electron chi connectivity index (χ1n) is 6.34. The van der Waals surface area contributed by atoms with Gasteiger partial charge in [0, 0.05) is 20.7 Å². The predicted octanol–water partition coefficient (Wildman–Crippen LogP) is -1.71. The van der Waals surface area contributed by atoms with Crippen LogP contribution in [0, 0.1) is 0 Å². The molecule has 2 rings (SSSR count). The van der Waals surface area contributed by atoms with E-state index in [9.17, 15) is 9.59 Å². The lowest BCUT2D eigenvalue weighted by molar-refractivity contribution is -0.202. The van der Waals surface area contributed by atoms with Crippen LogP contribution in [0.25, 0.3) is 0 Å². The number of nitrogens with zero attached hydrogens (tertiary/aromatic N) is 2. The lowest BCUT2D eigenvalue weighted by Gasteiger charge is -2.54. The van der Waals surface area contributed by atoms with Gasteiger partial charge in [-0.2, -0.15) is 0 Å². The van der Waals surface area contributed by atoms with Crippen LogP contribution < -0.4 is 5.32 Å². The first-order valence-corrected chi connectivity index (χ1v) is 6.34. The van der Waals surface area contributed by atoms with Gasteiger partial charge in [-0.3, -0.25) is 14.5 Å². The molecule has 0 aromatic heterocycles. The van der Waals surface area contributed by atoms with Crippen molar-refractivity contribution in [3.63, 3.8) is 0 Å². The molecule has 0 aromatic rings. The Bertz CT molecular complexity index is 368. The Morgan fingerprint density at radius 2 is 2.11 bits per heavy atom. The Morgan fingerprint density at radius 3 is 2.63 bits per heavy atom. The van der Waals surface area contributed by atoms with Gasteiger partial charge in [-0.05, 0) is 7.05 Å². The third-order valence-electron chi connectivity index (χ3n) is 3.74. The first-order chi connectivity index (χ1) is 9.01. The molecule has 2 fully saturated rings. The summed E-state index contributed by atoms with van der Waals surface area (Å²) in [5.41, 5.74) is -0.317. The first kappa shape index (κ1) is 14.2. The number of ether oxygens (including phenoxy) is 2. The molecule has 108 valence electrons. The van der Waals surface area contributed by atoms with Crippen molar-refractivity contribution in [2.45, 2.75) is 11.6 Å². The van der Waals surface area contributed by atoms with E-state index in [1.54, 1.807) is 11.9 Å². The zero-order valence-electron chi connectivity index (χ0n) is 11.6. The highest BCUT2D eigenvalue weighted by molar-refractivity contribution is 5.82. The second-order valence-corrected chi connectivity index (χ2v) is 5.22. The van der Waals surface area contributed by atoms with E-state index < -0.39 is 0 Å². The van der Waals surface area contributed by atoms with Crippen LogP contribution in [0.15, 0.2) is 0 Å². The van der Waals surface area contributed by atoms with Gasteiger partial charge in [0.1, 0.15) is 18.2 Å². The van der Waals surface area contributed by atoms with Crippen molar-refractivity contribution in [2.24, 2.45) is 0 Å². The van der Waals surface area contributed by atoms with Crippen molar-refractivity contribution in [1.29, 1.82) is 0 Å². The quantitative estimate of drug-likeness (QED) is 0.662. The molecule has 2 saturated heterocycles. The smallest absolute Gasteiger partial charge is 0.248 e. The summed E-state index contributed by atoms with van der Waals surface area (Å²) in [5.74, 6) is -0.0585. The van der Waals surface area contributed by atoms with Gasteiger partial charge in [0.15, 0.2) is 0 Å². The molecule has 0 aliphatic carbocycles. The highest BCUT2D eigenvalue weighted by Gasteiger charge is 2.50. The minimum atomic E-state index is -0.317. The molecule has 7 heteroatoms. The summed E-state index contributed by atoms with van der Waals surface area (Å²) < 4.78 is 10.7. The Hall–Kier alpha value is -1.18. The molecule has 0 saturated carbocycles. The van der Waals surface area contributed by atoms with Gasteiger partial charge < -0.3 is 19.7 Å². The van der Waals surface area contributed by atoms with E-state index in [2.05, 4.69) is 5.32 Å². The predicted molar refractivity (Wildman–Crippen MR) is 67.6 cm³/mol. The van der Waals surface area contributed by atoms with Gasteiger partial charge in [0.2, 0.25) is 11.8 Å². The number of nitrogens with one attached hydrogen (secondary N) is 1. The molecule has 0 radical (unpaired) electrons. The van der Waals surface area contributed by atoms with Gasteiger partial charge in [0.05, 0.1) is 19.7 Å². The average molecular weight is 271 g/mol. The van der Waals surface area contributed by atoms with E-state index >= 15 is 0 Å². The summed E-state index contributed by atoms with van der Waals surface area (Å²) >= 11 is 0. The summed E-state index contributed by atoms with van der Waals surface area (Å²) in [5, 5.41) is 2.63. The van der Waals surface area contributed by atoms with E-state index in [1.807, 2.05) is 11.9 Å². The maximum Gasteiger partial charge on any atom is 0.248 e. The number of likely N-dealkylation sites (N-methyl/N-ethyl adjacent to an activating group) is 2. The van der Waals surface area contributed by atoms with Crippen LogP contribution in [0.5, 0.6) is 0 Å². The van der Waals surface area contributed by atoms with E-state index in [0.29, 0.717) is 26.2 Å². The van der Waals surface area contributed by atoms with Crippen molar-refractivity contribution in [1.82, 2.24) is 15.1 Å². The molecule has 1 spiro atoms. The Labute approximate surface area is 112 Å². The van der Waals surface area contributed by atoms with E-state index in [0.717, 1.165) is 0 Å². The maximum atomic E-state index is 11.6. The van der Waals surface area contributed by atoms with Gasteiger partial charge in [-0.1, -0.05) is 0 Å². The molecule has 19 heavy (non-hydrogen) atoms. The lowest BCUT2D eigenvalue weighted by atomic mass is 9.90. The summed E-state index contributed by atoms with van der Waals surface area (Å²) in [6.45, 7) is 2.26. The van der Waals surface area contributed by atoms with Crippen molar-refractivity contribution >= 4 is 11.8 Å². The number of hydrogen-bond acceptors (Lipinski definition) is 5. The van der Waals surface area contributed by atoms with Gasteiger partial charge >= 0.3 is 0 Å². The van der Waals surface area contributed by atoms with Crippen LogP contribution in [0.2, 0.25) is 0 Å².